The van der Waals surface area contributed by atoms with Gasteiger partial charge in [0.15, 0.2) is 0 Å². The topological polar surface area (TPSA) is 0 Å². The molecule has 56 valence electrons. The molecule has 3 atom stereocenters. The molecule has 0 aromatic carbocycles. The average molecular weight is 136 g/mol. The minimum absolute atomic E-state index is 0.619. The summed E-state index contributed by atoms with van der Waals surface area (Å²) in [6.45, 7) is 7.16. The van der Waals surface area contributed by atoms with E-state index in [1.54, 1.807) is 0 Å². The Morgan fingerprint density at radius 2 is 2.00 bits per heavy atom. The molecule has 0 heterocycles. The minimum Gasteiger partial charge on any atom is -0.0851 e. The van der Waals surface area contributed by atoms with Gasteiger partial charge in [0, 0.05) is 0 Å². The van der Waals surface area contributed by atoms with Crippen LogP contribution in [0.2, 0.25) is 0 Å². The summed E-state index contributed by atoms with van der Waals surface area (Å²) in [5.74, 6) is 2.70. The van der Waals surface area contributed by atoms with E-state index >= 15 is 0 Å². The minimum atomic E-state index is 0.619. The largest absolute Gasteiger partial charge is 0.0851 e. The first-order valence-electron chi connectivity index (χ1n) is 4.30. The zero-order valence-corrected chi connectivity index (χ0v) is 7.09. The predicted octanol–water partition coefficient (Wildman–Crippen LogP) is 2.85. The fourth-order valence-electron chi connectivity index (χ4n) is 2.66. The second-order valence-corrected chi connectivity index (χ2v) is 4.51. The zero-order valence-electron chi connectivity index (χ0n) is 7.09. The summed E-state index contributed by atoms with van der Waals surface area (Å²) >= 11 is 0. The van der Waals surface area contributed by atoms with Crippen LogP contribution >= 0.6 is 0 Å². The summed E-state index contributed by atoms with van der Waals surface area (Å²) in [4.78, 5) is 0. The average Bonchev–Trinajstić information content (AvgIpc) is 1.87. The van der Waals surface area contributed by atoms with Crippen molar-refractivity contribution in [3.05, 3.63) is 12.2 Å². The van der Waals surface area contributed by atoms with Crippen LogP contribution in [0.1, 0.15) is 27.2 Å². The summed E-state index contributed by atoms with van der Waals surface area (Å²) in [6, 6.07) is 0. The van der Waals surface area contributed by atoms with Crippen molar-refractivity contribution in [1.29, 1.82) is 0 Å². The Morgan fingerprint density at radius 3 is 2.30 bits per heavy atom. The van der Waals surface area contributed by atoms with Gasteiger partial charge in [-0.25, -0.2) is 0 Å². The van der Waals surface area contributed by atoms with E-state index in [0.29, 0.717) is 5.41 Å². The summed E-state index contributed by atoms with van der Waals surface area (Å²) in [5, 5.41) is 0. The van der Waals surface area contributed by atoms with Gasteiger partial charge >= 0.3 is 0 Å². The lowest BCUT2D eigenvalue weighted by Crippen LogP contribution is -2.49. The molecule has 0 heteroatoms. The van der Waals surface area contributed by atoms with E-state index < -0.39 is 0 Å². The third kappa shape index (κ3) is 0.574. The molecule has 0 saturated heterocycles. The van der Waals surface area contributed by atoms with Gasteiger partial charge in [0.25, 0.3) is 0 Å². The van der Waals surface area contributed by atoms with Crippen LogP contribution in [0.25, 0.3) is 0 Å². The number of fused-ring (bicyclic) bond motifs is 1. The van der Waals surface area contributed by atoms with Crippen molar-refractivity contribution in [2.75, 3.05) is 0 Å². The van der Waals surface area contributed by atoms with Gasteiger partial charge in [-0.1, -0.05) is 32.9 Å². The summed E-state index contributed by atoms with van der Waals surface area (Å²) in [5.41, 5.74) is 0.619. The molecular weight excluding hydrogens is 120 g/mol. The molecule has 1 fully saturated rings. The van der Waals surface area contributed by atoms with E-state index in [1.165, 1.54) is 6.42 Å². The summed E-state index contributed by atoms with van der Waals surface area (Å²) < 4.78 is 0. The van der Waals surface area contributed by atoms with E-state index in [9.17, 15) is 0 Å². The van der Waals surface area contributed by atoms with Crippen LogP contribution in [-0.4, -0.2) is 0 Å². The smallest absolute Gasteiger partial charge is 0.0176 e. The zero-order chi connectivity index (χ0) is 7.35. The highest BCUT2D eigenvalue weighted by Gasteiger charge is 2.50. The fourth-order valence-corrected chi connectivity index (χ4v) is 2.66. The second kappa shape index (κ2) is 1.66. The van der Waals surface area contributed by atoms with Crippen LogP contribution in [0.5, 0.6) is 0 Å². The summed E-state index contributed by atoms with van der Waals surface area (Å²) in [7, 11) is 0. The standard InChI is InChI=1S/C10H16/c1-7-4-5-8-6-9(7)10(8,2)3/h4-5,7-9H,6H2,1-3H3/t7?,8-,9-/m1/s1. The third-order valence-electron chi connectivity index (χ3n) is 3.70. The Morgan fingerprint density at radius 1 is 1.30 bits per heavy atom. The number of rotatable bonds is 0. The summed E-state index contributed by atoms with van der Waals surface area (Å²) in [6.07, 6.45) is 6.26. The SMILES string of the molecule is CC1C=C[C@@H]2C[C@H]1C2(C)C. The Balaban J connectivity index is 2.28. The maximum Gasteiger partial charge on any atom is -0.0176 e. The van der Waals surface area contributed by atoms with Crippen LogP contribution in [-0.2, 0) is 0 Å². The molecule has 2 bridgehead atoms. The van der Waals surface area contributed by atoms with Crippen molar-refractivity contribution in [3.63, 3.8) is 0 Å². The molecule has 1 saturated carbocycles. The van der Waals surface area contributed by atoms with Crippen molar-refractivity contribution in [2.45, 2.75) is 27.2 Å². The van der Waals surface area contributed by atoms with Crippen LogP contribution < -0.4 is 0 Å². The van der Waals surface area contributed by atoms with Gasteiger partial charge in [0.1, 0.15) is 0 Å². The van der Waals surface area contributed by atoms with Crippen LogP contribution in [0.3, 0.4) is 0 Å². The molecule has 0 N–H and O–H groups in total. The van der Waals surface area contributed by atoms with Gasteiger partial charge in [-0.05, 0) is 29.6 Å². The molecule has 1 unspecified atom stereocenters. The molecule has 0 amide bonds. The van der Waals surface area contributed by atoms with Gasteiger partial charge in [0.05, 0.1) is 0 Å². The van der Waals surface area contributed by atoms with Gasteiger partial charge in [-0.2, -0.15) is 0 Å². The highest BCUT2D eigenvalue weighted by atomic mass is 14.5. The van der Waals surface area contributed by atoms with E-state index in [-0.39, 0.29) is 0 Å². The second-order valence-electron chi connectivity index (χ2n) is 4.51. The predicted molar refractivity (Wildman–Crippen MR) is 43.7 cm³/mol. The number of allylic oxidation sites excluding steroid dienone is 2. The van der Waals surface area contributed by atoms with Gasteiger partial charge in [-0.3, -0.25) is 0 Å². The van der Waals surface area contributed by atoms with Gasteiger partial charge < -0.3 is 0 Å². The molecule has 3 aliphatic carbocycles. The fraction of sp³-hybridized carbons (Fsp3) is 0.800. The maximum atomic E-state index is 2.42. The van der Waals surface area contributed by atoms with E-state index in [4.69, 9.17) is 0 Å². The molecule has 3 rings (SSSR count). The Labute approximate surface area is 63.3 Å². The maximum absolute atomic E-state index is 2.42. The Hall–Kier alpha value is -0.260. The van der Waals surface area contributed by atoms with Crippen LogP contribution in [0.4, 0.5) is 0 Å². The molecule has 0 aromatic heterocycles. The van der Waals surface area contributed by atoms with Crippen molar-refractivity contribution in [3.8, 4) is 0 Å². The monoisotopic (exact) mass is 136 g/mol. The lowest BCUT2D eigenvalue weighted by Gasteiger charge is -2.56. The molecule has 0 spiro atoms. The van der Waals surface area contributed by atoms with Gasteiger partial charge in [-0.15, -0.1) is 0 Å². The van der Waals surface area contributed by atoms with Crippen molar-refractivity contribution >= 4 is 0 Å². The first kappa shape index (κ1) is 6.45. The van der Waals surface area contributed by atoms with Crippen molar-refractivity contribution < 1.29 is 0 Å². The van der Waals surface area contributed by atoms with Crippen molar-refractivity contribution in [1.82, 2.24) is 0 Å². The molecule has 10 heavy (non-hydrogen) atoms. The molecular formula is C10H16. The molecule has 0 aliphatic heterocycles. The highest BCUT2D eigenvalue weighted by Crippen LogP contribution is 2.58. The number of hydrogen-bond acceptors (Lipinski definition) is 0. The van der Waals surface area contributed by atoms with E-state index in [1.807, 2.05) is 0 Å². The molecule has 3 aliphatic rings. The normalized spacial score (nSPS) is 48.5. The van der Waals surface area contributed by atoms with Crippen molar-refractivity contribution in [2.24, 2.45) is 23.2 Å². The molecule has 0 nitrogen and oxygen atoms in total. The number of hydrogen-bond donors (Lipinski definition) is 0. The van der Waals surface area contributed by atoms with E-state index in [2.05, 4.69) is 32.9 Å². The quantitative estimate of drug-likeness (QED) is 0.449. The molecule has 0 aromatic rings. The lowest BCUT2D eigenvalue weighted by atomic mass is 9.48. The first-order chi connectivity index (χ1) is 4.62. The third-order valence-corrected chi connectivity index (χ3v) is 3.70. The Bertz CT molecular complexity index is 176. The lowest BCUT2D eigenvalue weighted by molar-refractivity contribution is -0.0258. The van der Waals surface area contributed by atoms with Crippen LogP contribution in [0.15, 0.2) is 12.2 Å². The van der Waals surface area contributed by atoms with E-state index in [0.717, 1.165) is 17.8 Å². The van der Waals surface area contributed by atoms with Crippen LogP contribution in [0, 0.1) is 23.2 Å². The Kier molecular flexibility index (Phi) is 1.07. The molecule has 0 radical (unpaired) electrons. The first-order valence-corrected chi connectivity index (χ1v) is 4.30. The van der Waals surface area contributed by atoms with Gasteiger partial charge in [0.2, 0.25) is 0 Å². The highest BCUT2D eigenvalue weighted by molar-refractivity contribution is 5.15.